The van der Waals surface area contributed by atoms with Gasteiger partial charge in [-0.25, -0.2) is 4.98 Å². The van der Waals surface area contributed by atoms with Gasteiger partial charge in [0, 0.05) is 6.20 Å². The van der Waals surface area contributed by atoms with Crippen molar-refractivity contribution in [2.75, 3.05) is 7.11 Å². The summed E-state index contributed by atoms with van der Waals surface area (Å²) in [4.78, 5) is 3.45. The molecule has 0 aliphatic rings. The van der Waals surface area contributed by atoms with Crippen molar-refractivity contribution in [2.45, 2.75) is 6.18 Å². The number of rotatable bonds is 1. The van der Waals surface area contributed by atoms with Gasteiger partial charge in [0.25, 0.3) is 0 Å². The number of hydrogen-bond acceptors (Lipinski definition) is 2. The molecule has 0 aliphatic heterocycles. The minimum Gasteiger partial charge on any atom is -0.481 e. The number of aromatic nitrogens is 1. The molecule has 1 aromatic heterocycles. The summed E-state index contributed by atoms with van der Waals surface area (Å²) >= 11 is 8.33. The summed E-state index contributed by atoms with van der Waals surface area (Å²) in [6, 6.07) is 0. The molecule has 1 rings (SSSR count). The van der Waals surface area contributed by atoms with Crippen molar-refractivity contribution >= 4 is 27.5 Å². The van der Waals surface area contributed by atoms with E-state index in [1.165, 1.54) is 0 Å². The fourth-order valence-corrected chi connectivity index (χ4v) is 1.39. The van der Waals surface area contributed by atoms with Gasteiger partial charge in [-0.3, -0.25) is 0 Å². The quantitative estimate of drug-likeness (QED) is 0.789. The summed E-state index contributed by atoms with van der Waals surface area (Å²) in [7, 11) is 1.10. The second-order valence-electron chi connectivity index (χ2n) is 2.30. The Bertz CT molecular complexity index is 356. The molecular weight excluding hydrogens is 286 g/mol. The molecule has 78 valence electrons. The van der Waals surface area contributed by atoms with E-state index < -0.39 is 22.6 Å². The summed E-state index contributed by atoms with van der Waals surface area (Å²) in [6.45, 7) is 0. The molecule has 0 aromatic carbocycles. The van der Waals surface area contributed by atoms with Gasteiger partial charge < -0.3 is 4.74 Å². The predicted molar refractivity (Wildman–Crippen MR) is 48.5 cm³/mol. The number of hydrogen-bond donors (Lipinski definition) is 0. The summed E-state index contributed by atoms with van der Waals surface area (Å²) in [5, 5.41) is -0.454. The summed E-state index contributed by atoms with van der Waals surface area (Å²) in [6.07, 6.45) is -3.43. The number of methoxy groups -OCH3 is 1. The van der Waals surface area contributed by atoms with E-state index in [1.807, 2.05) is 0 Å². The molecule has 0 atom stereocenters. The smallest absolute Gasteiger partial charge is 0.423 e. The third kappa shape index (κ3) is 2.12. The lowest BCUT2D eigenvalue weighted by atomic mass is 10.2. The molecule has 1 aromatic rings. The maximum absolute atomic E-state index is 12.5. The Hall–Kier alpha value is -0.490. The van der Waals surface area contributed by atoms with Crippen LogP contribution in [0.15, 0.2) is 10.7 Å². The van der Waals surface area contributed by atoms with Crippen molar-refractivity contribution in [3.05, 3.63) is 21.3 Å². The number of ether oxygens (including phenoxy) is 1. The van der Waals surface area contributed by atoms with Gasteiger partial charge in [-0.15, -0.1) is 0 Å². The second kappa shape index (κ2) is 3.94. The van der Waals surface area contributed by atoms with Crippen LogP contribution < -0.4 is 4.74 Å². The van der Waals surface area contributed by atoms with Crippen molar-refractivity contribution in [1.82, 2.24) is 4.98 Å². The van der Waals surface area contributed by atoms with Crippen LogP contribution in [-0.4, -0.2) is 12.1 Å². The molecule has 0 N–H and O–H groups in total. The van der Waals surface area contributed by atoms with Crippen LogP contribution in [0.3, 0.4) is 0 Å². The standard InChI is InChI=1S/C7H4BrClF3NO/c1-14-6-4(7(10,11)12)5(9)3(8)2-13-6/h2H,1H3. The highest BCUT2D eigenvalue weighted by atomic mass is 79.9. The molecule has 0 aliphatic carbocycles. The fraction of sp³-hybridized carbons (Fsp3) is 0.286. The normalized spacial score (nSPS) is 11.6. The van der Waals surface area contributed by atoms with Gasteiger partial charge in [-0.1, -0.05) is 11.6 Å². The first-order chi connectivity index (χ1) is 6.38. The van der Waals surface area contributed by atoms with Crippen LogP contribution in [0.2, 0.25) is 5.02 Å². The van der Waals surface area contributed by atoms with Gasteiger partial charge in [-0.05, 0) is 15.9 Å². The molecular formula is C7H4BrClF3NO. The van der Waals surface area contributed by atoms with E-state index >= 15 is 0 Å². The maximum Gasteiger partial charge on any atom is 0.423 e. The molecule has 0 saturated carbocycles. The zero-order valence-electron chi connectivity index (χ0n) is 6.82. The van der Waals surface area contributed by atoms with E-state index in [1.54, 1.807) is 0 Å². The molecule has 2 nitrogen and oxygen atoms in total. The van der Waals surface area contributed by atoms with E-state index in [-0.39, 0.29) is 4.47 Å². The first kappa shape index (κ1) is 11.6. The van der Waals surface area contributed by atoms with Crippen molar-refractivity contribution < 1.29 is 17.9 Å². The lowest BCUT2D eigenvalue weighted by Crippen LogP contribution is -2.10. The van der Waals surface area contributed by atoms with Gasteiger partial charge in [0.1, 0.15) is 5.56 Å². The Morgan fingerprint density at radius 3 is 2.50 bits per heavy atom. The molecule has 0 bridgehead atoms. The highest BCUT2D eigenvalue weighted by Gasteiger charge is 2.38. The SMILES string of the molecule is COc1ncc(Br)c(Cl)c1C(F)(F)F. The topological polar surface area (TPSA) is 22.1 Å². The van der Waals surface area contributed by atoms with Crippen LogP contribution in [0.5, 0.6) is 5.88 Å². The van der Waals surface area contributed by atoms with Crippen LogP contribution in [-0.2, 0) is 6.18 Å². The van der Waals surface area contributed by atoms with Crippen LogP contribution in [0, 0.1) is 0 Å². The Labute approximate surface area is 91.2 Å². The van der Waals surface area contributed by atoms with Crippen LogP contribution in [0.25, 0.3) is 0 Å². The molecule has 1 heterocycles. The van der Waals surface area contributed by atoms with Gasteiger partial charge >= 0.3 is 6.18 Å². The number of pyridine rings is 1. The van der Waals surface area contributed by atoms with Crippen molar-refractivity contribution in [3.8, 4) is 5.88 Å². The largest absolute Gasteiger partial charge is 0.481 e. The number of alkyl halides is 3. The third-order valence-corrected chi connectivity index (χ3v) is 2.64. The number of nitrogens with zero attached hydrogens (tertiary/aromatic N) is 1. The third-order valence-electron chi connectivity index (χ3n) is 1.42. The lowest BCUT2D eigenvalue weighted by Gasteiger charge is -2.12. The Kier molecular flexibility index (Phi) is 3.26. The lowest BCUT2D eigenvalue weighted by molar-refractivity contribution is -0.139. The van der Waals surface area contributed by atoms with Crippen molar-refractivity contribution in [3.63, 3.8) is 0 Å². The molecule has 14 heavy (non-hydrogen) atoms. The van der Waals surface area contributed by atoms with E-state index in [0.29, 0.717) is 0 Å². The monoisotopic (exact) mass is 289 g/mol. The number of halogens is 5. The first-order valence-electron chi connectivity index (χ1n) is 3.33. The van der Waals surface area contributed by atoms with E-state index in [0.717, 1.165) is 13.3 Å². The molecule has 0 fully saturated rings. The first-order valence-corrected chi connectivity index (χ1v) is 4.50. The molecule has 0 unspecified atom stereocenters. The zero-order valence-corrected chi connectivity index (χ0v) is 9.16. The van der Waals surface area contributed by atoms with E-state index in [2.05, 4.69) is 25.7 Å². The van der Waals surface area contributed by atoms with E-state index in [9.17, 15) is 13.2 Å². The van der Waals surface area contributed by atoms with Crippen LogP contribution >= 0.6 is 27.5 Å². The van der Waals surface area contributed by atoms with Crippen LogP contribution in [0.4, 0.5) is 13.2 Å². The predicted octanol–water partition coefficient (Wildman–Crippen LogP) is 3.52. The molecule has 0 saturated heterocycles. The van der Waals surface area contributed by atoms with E-state index in [4.69, 9.17) is 11.6 Å². The summed E-state index contributed by atoms with van der Waals surface area (Å²) in [5.41, 5.74) is -1.07. The maximum atomic E-state index is 12.5. The Morgan fingerprint density at radius 1 is 1.50 bits per heavy atom. The van der Waals surface area contributed by atoms with Gasteiger partial charge in [-0.2, -0.15) is 13.2 Å². The van der Waals surface area contributed by atoms with Gasteiger partial charge in [0.05, 0.1) is 16.6 Å². The van der Waals surface area contributed by atoms with Gasteiger partial charge in [0.15, 0.2) is 0 Å². The van der Waals surface area contributed by atoms with Crippen molar-refractivity contribution in [2.24, 2.45) is 0 Å². The molecule has 0 amide bonds. The van der Waals surface area contributed by atoms with Crippen LogP contribution in [0.1, 0.15) is 5.56 Å². The second-order valence-corrected chi connectivity index (χ2v) is 3.53. The Morgan fingerprint density at radius 2 is 2.07 bits per heavy atom. The summed E-state index contributed by atoms with van der Waals surface area (Å²) in [5.74, 6) is -0.536. The van der Waals surface area contributed by atoms with Gasteiger partial charge in [0.2, 0.25) is 5.88 Å². The Balaban J connectivity index is 3.44. The average Bonchev–Trinajstić information content (AvgIpc) is 2.07. The summed E-state index contributed by atoms with van der Waals surface area (Å²) < 4.78 is 41.9. The fourth-order valence-electron chi connectivity index (χ4n) is 0.850. The highest BCUT2D eigenvalue weighted by Crippen LogP contribution is 2.42. The van der Waals surface area contributed by atoms with Crippen molar-refractivity contribution in [1.29, 1.82) is 0 Å². The molecule has 0 radical (unpaired) electrons. The zero-order chi connectivity index (χ0) is 10.9. The highest BCUT2D eigenvalue weighted by molar-refractivity contribution is 9.10. The minimum atomic E-state index is -4.58. The average molecular weight is 290 g/mol. The molecule has 7 heteroatoms. The molecule has 0 spiro atoms. The minimum absolute atomic E-state index is 0.0762.